The van der Waals surface area contributed by atoms with E-state index in [0.29, 0.717) is 6.04 Å². The van der Waals surface area contributed by atoms with Crippen molar-refractivity contribution in [3.05, 3.63) is 52.0 Å². The summed E-state index contributed by atoms with van der Waals surface area (Å²) in [6.45, 7) is 5.34. The SMILES string of the molecule is CCCNC(Cc1cccs1)c1cc(C)ccn1. The van der Waals surface area contributed by atoms with Crippen LogP contribution in [0, 0.1) is 6.92 Å². The molecular formula is C15H20N2S. The number of nitrogens with one attached hydrogen (secondary N) is 1. The van der Waals surface area contributed by atoms with E-state index in [1.165, 1.54) is 10.4 Å². The van der Waals surface area contributed by atoms with Gasteiger partial charge in [-0.15, -0.1) is 11.3 Å². The first-order valence-electron chi connectivity index (χ1n) is 6.48. The van der Waals surface area contributed by atoms with Crippen molar-refractivity contribution in [3.8, 4) is 0 Å². The normalized spacial score (nSPS) is 12.6. The Labute approximate surface area is 113 Å². The van der Waals surface area contributed by atoms with Crippen molar-refractivity contribution in [2.75, 3.05) is 6.54 Å². The summed E-state index contributed by atoms with van der Waals surface area (Å²) in [6, 6.07) is 8.86. The van der Waals surface area contributed by atoms with Crippen LogP contribution in [0.15, 0.2) is 35.8 Å². The van der Waals surface area contributed by atoms with Crippen molar-refractivity contribution in [1.29, 1.82) is 0 Å². The van der Waals surface area contributed by atoms with E-state index < -0.39 is 0 Å². The van der Waals surface area contributed by atoms with Gasteiger partial charge in [0.15, 0.2) is 0 Å². The van der Waals surface area contributed by atoms with Crippen molar-refractivity contribution in [1.82, 2.24) is 10.3 Å². The first-order chi connectivity index (χ1) is 8.79. The number of rotatable bonds is 6. The minimum absolute atomic E-state index is 0.323. The van der Waals surface area contributed by atoms with Gasteiger partial charge in [0.05, 0.1) is 11.7 Å². The fourth-order valence-corrected chi connectivity index (χ4v) is 2.73. The number of thiophene rings is 1. The average Bonchev–Trinajstić information content (AvgIpc) is 2.87. The molecule has 2 heterocycles. The molecule has 2 aromatic heterocycles. The van der Waals surface area contributed by atoms with Crippen LogP contribution >= 0.6 is 11.3 Å². The fraction of sp³-hybridized carbons (Fsp3) is 0.400. The van der Waals surface area contributed by atoms with E-state index in [9.17, 15) is 0 Å². The Balaban J connectivity index is 2.13. The van der Waals surface area contributed by atoms with Gasteiger partial charge in [0.1, 0.15) is 0 Å². The van der Waals surface area contributed by atoms with E-state index in [4.69, 9.17) is 0 Å². The first-order valence-corrected chi connectivity index (χ1v) is 7.36. The average molecular weight is 260 g/mol. The predicted molar refractivity (Wildman–Crippen MR) is 78.0 cm³/mol. The lowest BCUT2D eigenvalue weighted by molar-refractivity contribution is 0.520. The monoisotopic (exact) mass is 260 g/mol. The summed E-state index contributed by atoms with van der Waals surface area (Å²) in [4.78, 5) is 5.92. The molecule has 0 aromatic carbocycles. The lowest BCUT2D eigenvalue weighted by atomic mass is 10.1. The Hall–Kier alpha value is -1.19. The van der Waals surface area contributed by atoms with Gasteiger partial charge in [-0.1, -0.05) is 13.0 Å². The van der Waals surface area contributed by atoms with Crippen molar-refractivity contribution >= 4 is 11.3 Å². The first kappa shape index (κ1) is 13.2. The smallest absolute Gasteiger partial charge is 0.0579 e. The zero-order valence-corrected chi connectivity index (χ0v) is 11.8. The second kappa shape index (κ2) is 6.66. The number of pyridine rings is 1. The van der Waals surface area contributed by atoms with Gasteiger partial charge in [-0.05, 0) is 49.0 Å². The number of hydrogen-bond donors (Lipinski definition) is 1. The highest BCUT2D eigenvalue weighted by atomic mass is 32.1. The fourth-order valence-electron chi connectivity index (χ4n) is 1.98. The maximum atomic E-state index is 4.52. The number of nitrogens with zero attached hydrogens (tertiary/aromatic N) is 1. The molecule has 0 aliphatic rings. The quantitative estimate of drug-likeness (QED) is 0.856. The summed E-state index contributed by atoms with van der Waals surface area (Å²) >= 11 is 1.82. The third-order valence-electron chi connectivity index (χ3n) is 2.92. The van der Waals surface area contributed by atoms with Gasteiger partial charge in [-0.2, -0.15) is 0 Å². The number of aryl methyl sites for hydroxylation is 1. The maximum absolute atomic E-state index is 4.52. The van der Waals surface area contributed by atoms with Crippen LogP contribution in [0.3, 0.4) is 0 Å². The Morgan fingerprint density at radius 1 is 1.39 bits per heavy atom. The minimum atomic E-state index is 0.323. The zero-order valence-electron chi connectivity index (χ0n) is 11.0. The van der Waals surface area contributed by atoms with E-state index >= 15 is 0 Å². The summed E-state index contributed by atoms with van der Waals surface area (Å²) < 4.78 is 0. The van der Waals surface area contributed by atoms with E-state index in [1.807, 2.05) is 23.6 Å². The van der Waals surface area contributed by atoms with Crippen LogP contribution in [-0.2, 0) is 6.42 Å². The molecule has 0 spiro atoms. The molecule has 0 aliphatic heterocycles. The highest BCUT2D eigenvalue weighted by Crippen LogP contribution is 2.20. The van der Waals surface area contributed by atoms with Crippen LogP contribution < -0.4 is 5.32 Å². The summed E-state index contributed by atoms with van der Waals surface area (Å²) in [6.07, 6.45) is 4.07. The molecule has 1 atom stereocenters. The van der Waals surface area contributed by atoms with Gasteiger partial charge < -0.3 is 5.32 Å². The van der Waals surface area contributed by atoms with Crippen molar-refractivity contribution in [3.63, 3.8) is 0 Å². The Bertz CT molecular complexity index is 465. The van der Waals surface area contributed by atoms with Crippen LogP contribution in [0.1, 0.15) is 35.5 Å². The molecular weight excluding hydrogens is 240 g/mol. The maximum Gasteiger partial charge on any atom is 0.0579 e. The molecule has 2 aromatic rings. The van der Waals surface area contributed by atoms with E-state index in [1.54, 1.807) is 0 Å². The highest BCUT2D eigenvalue weighted by molar-refractivity contribution is 7.09. The van der Waals surface area contributed by atoms with Crippen LogP contribution in [0.25, 0.3) is 0 Å². The zero-order chi connectivity index (χ0) is 12.8. The molecule has 0 fully saturated rings. The predicted octanol–water partition coefficient (Wildman–Crippen LogP) is 3.73. The molecule has 1 N–H and O–H groups in total. The molecule has 2 nitrogen and oxygen atoms in total. The summed E-state index contributed by atoms with van der Waals surface area (Å²) in [5.74, 6) is 0. The van der Waals surface area contributed by atoms with Gasteiger partial charge in [-0.25, -0.2) is 0 Å². The standard InChI is InChI=1S/C15H20N2S/c1-3-7-16-15(11-13-5-4-9-18-13)14-10-12(2)6-8-17-14/h4-6,8-10,15-16H,3,7,11H2,1-2H3. The molecule has 3 heteroatoms. The van der Waals surface area contributed by atoms with Crippen LogP contribution in [-0.4, -0.2) is 11.5 Å². The molecule has 0 saturated heterocycles. The van der Waals surface area contributed by atoms with Gasteiger partial charge in [0.2, 0.25) is 0 Å². The topological polar surface area (TPSA) is 24.9 Å². The van der Waals surface area contributed by atoms with Crippen LogP contribution in [0.5, 0.6) is 0 Å². The molecule has 2 rings (SSSR count). The van der Waals surface area contributed by atoms with Gasteiger partial charge in [-0.3, -0.25) is 4.98 Å². The van der Waals surface area contributed by atoms with E-state index in [2.05, 4.69) is 47.7 Å². The van der Waals surface area contributed by atoms with Crippen LogP contribution in [0.4, 0.5) is 0 Å². The summed E-state index contributed by atoms with van der Waals surface area (Å²) in [5.41, 5.74) is 2.42. The number of hydrogen-bond acceptors (Lipinski definition) is 3. The molecule has 0 aliphatic carbocycles. The second-order valence-electron chi connectivity index (χ2n) is 4.55. The molecule has 0 saturated carbocycles. The molecule has 1 unspecified atom stereocenters. The lowest BCUT2D eigenvalue weighted by Gasteiger charge is -2.17. The molecule has 0 bridgehead atoms. The molecule has 96 valence electrons. The largest absolute Gasteiger partial charge is 0.308 e. The van der Waals surface area contributed by atoms with Gasteiger partial charge in [0, 0.05) is 17.5 Å². The summed E-state index contributed by atoms with van der Waals surface area (Å²) in [7, 11) is 0. The van der Waals surface area contributed by atoms with Crippen molar-refractivity contribution in [2.24, 2.45) is 0 Å². The Morgan fingerprint density at radius 3 is 2.94 bits per heavy atom. The number of aromatic nitrogens is 1. The second-order valence-corrected chi connectivity index (χ2v) is 5.58. The Morgan fingerprint density at radius 2 is 2.28 bits per heavy atom. The highest BCUT2D eigenvalue weighted by Gasteiger charge is 2.13. The van der Waals surface area contributed by atoms with Crippen LogP contribution in [0.2, 0.25) is 0 Å². The van der Waals surface area contributed by atoms with Crippen molar-refractivity contribution in [2.45, 2.75) is 32.7 Å². The van der Waals surface area contributed by atoms with Crippen molar-refractivity contribution < 1.29 is 0 Å². The molecule has 0 amide bonds. The van der Waals surface area contributed by atoms with Gasteiger partial charge in [0.25, 0.3) is 0 Å². The molecule has 18 heavy (non-hydrogen) atoms. The van der Waals surface area contributed by atoms with E-state index in [-0.39, 0.29) is 0 Å². The molecule has 0 radical (unpaired) electrons. The lowest BCUT2D eigenvalue weighted by Crippen LogP contribution is -2.24. The Kier molecular flexibility index (Phi) is 4.90. The van der Waals surface area contributed by atoms with Gasteiger partial charge >= 0.3 is 0 Å². The third kappa shape index (κ3) is 3.65. The third-order valence-corrected chi connectivity index (χ3v) is 3.82. The summed E-state index contributed by atoms with van der Waals surface area (Å²) in [5, 5.41) is 5.73. The van der Waals surface area contributed by atoms with E-state index in [0.717, 1.165) is 25.1 Å². The minimum Gasteiger partial charge on any atom is -0.308 e.